The second kappa shape index (κ2) is 6.53. The van der Waals surface area contributed by atoms with Gasteiger partial charge >= 0.3 is 0 Å². The zero-order valence-electron chi connectivity index (χ0n) is 9.46. The number of ether oxygens (including phenoxy) is 2. The van der Waals surface area contributed by atoms with Crippen LogP contribution in [-0.4, -0.2) is 25.3 Å². The highest BCUT2D eigenvalue weighted by molar-refractivity contribution is 9.09. The molecule has 0 atom stereocenters. The predicted octanol–water partition coefficient (Wildman–Crippen LogP) is 3.06. The smallest absolute Gasteiger partial charge is 0.163 e. The lowest BCUT2D eigenvalue weighted by Gasteiger charge is -2.08. The number of halogens is 1. The van der Waals surface area contributed by atoms with Crippen LogP contribution in [0, 0.1) is 0 Å². The molecule has 0 unspecified atom stereocenters. The molecule has 1 aromatic rings. The molecule has 0 spiro atoms. The highest BCUT2D eigenvalue weighted by Gasteiger charge is 2.10. The zero-order chi connectivity index (χ0) is 12.0. The summed E-state index contributed by atoms with van der Waals surface area (Å²) in [6.45, 7) is 0. The van der Waals surface area contributed by atoms with Crippen molar-refractivity contribution in [2.75, 3.05) is 19.5 Å². The van der Waals surface area contributed by atoms with Gasteiger partial charge in [-0.25, -0.2) is 0 Å². The molecule has 0 N–H and O–H groups in total. The number of rotatable bonds is 6. The third-order valence-electron chi connectivity index (χ3n) is 2.24. The number of hydrogen-bond donors (Lipinski definition) is 0. The van der Waals surface area contributed by atoms with E-state index >= 15 is 0 Å². The van der Waals surface area contributed by atoms with Crippen molar-refractivity contribution in [2.45, 2.75) is 12.8 Å². The molecule has 0 aliphatic rings. The number of ketones is 1. The van der Waals surface area contributed by atoms with E-state index in [0.717, 1.165) is 11.8 Å². The molecule has 0 radical (unpaired) electrons. The average Bonchev–Trinajstić information content (AvgIpc) is 2.34. The number of Topliss-reactive ketones (excluding diaryl/α,β-unsaturated/α-hetero) is 1. The van der Waals surface area contributed by atoms with Crippen molar-refractivity contribution in [3.63, 3.8) is 0 Å². The van der Waals surface area contributed by atoms with Crippen molar-refractivity contribution < 1.29 is 14.3 Å². The third-order valence-corrected chi connectivity index (χ3v) is 2.80. The molecule has 88 valence electrons. The highest BCUT2D eigenvalue weighted by atomic mass is 79.9. The standard InChI is InChI=1S/C12H15BrO3/c1-15-11-6-5-9(8-12(11)16-2)10(14)4-3-7-13/h5-6,8H,3-4,7H2,1-2H3. The van der Waals surface area contributed by atoms with Crippen LogP contribution in [0.15, 0.2) is 18.2 Å². The van der Waals surface area contributed by atoms with Crippen LogP contribution in [-0.2, 0) is 0 Å². The SMILES string of the molecule is COc1ccc(C(=O)CCCBr)cc1OC. The second-order valence-electron chi connectivity index (χ2n) is 3.29. The molecule has 0 aliphatic carbocycles. The van der Waals surface area contributed by atoms with E-state index in [4.69, 9.17) is 9.47 Å². The molecule has 0 saturated heterocycles. The summed E-state index contributed by atoms with van der Waals surface area (Å²) in [5.74, 6) is 1.35. The molecule has 3 nitrogen and oxygen atoms in total. The Hall–Kier alpha value is -1.03. The fourth-order valence-electron chi connectivity index (χ4n) is 1.38. The monoisotopic (exact) mass is 286 g/mol. The summed E-state index contributed by atoms with van der Waals surface area (Å²) in [5.41, 5.74) is 0.665. The van der Waals surface area contributed by atoms with Crippen LogP contribution in [0.3, 0.4) is 0 Å². The molecule has 1 aromatic carbocycles. The van der Waals surface area contributed by atoms with Crippen LogP contribution >= 0.6 is 15.9 Å². The van der Waals surface area contributed by atoms with E-state index in [2.05, 4.69) is 15.9 Å². The first kappa shape index (κ1) is 13.0. The molecule has 16 heavy (non-hydrogen) atoms. The third kappa shape index (κ3) is 3.23. The molecule has 0 heterocycles. The van der Waals surface area contributed by atoms with Crippen LogP contribution in [0.2, 0.25) is 0 Å². The lowest BCUT2D eigenvalue weighted by molar-refractivity contribution is 0.0981. The van der Waals surface area contributed by atoms with Crippen molar-refractivity contribution in [3.8, 4) is 11.5 Å². The van der Waals surface area contributed by atoms with E-state index in [1.807, 2.05) is 0 Å². The molecule has 0 aliphatic heterocycles. The summed E-state index contributed by atoms with van der Waals surface area (Å²) in [6, 6.07) is 5.23. The van der Waals surface area contributed by atoms with Crippen molar-refractivity contribution in [1.29, 1.82) is 0 Å². The van der Waals surface area contributed by atoms with Gasteiger partial charge in [-0.2, -0.15) is 0 Å². The molecule has 1 rings (SSSR count). The minimum Gasteiger partial charge on any atom is -0.493 e. The Labute approximate surface area is 104 Å². The number of alkyl halides is 1. The summed E-state index contributed by atoms with van der Waals surface area (Å²) >= 11 is 3.30. The Morgan fingerprint density at radius 2 is 1.94 bits per heavy atom. The van der Waals surface area contributed by atoms with Gasteiger partial charge in [-0.3, -0.25) is 4.79 Å². The minimum atomic E-state index is 0.125. The van der Waals surface area contributed by atoms with Gasteiger partial charge in [-0.15, -0.1) is 0 Å². The van der Waals surface area contributed by atoms with Crippen LogP contribution in [0.4, 0.5) is 0 Å². The van der Waals surface area contributed by atoms with Crippen LogP contribution in [0.5, 0.6) is 11.5 Å². The van der Waals surface area contributed by atoms with Crippen LogP contribution < -0.4 is 9.47 Å². The van der Waals surface area contributed by atoms with Crippen molar-refractivity contribution >= 4 is 21.7 Å². The summed E-state index contributed by atoms with van der Waals surface area (Å²) in [5, 5.41) is 0.839. The van der Waals surface area contributed by atoms with E-state index < -0.39 is 0 Å². The topological polar surface area (TPSA) is 35.5 Å². The normalized spacial score (nSPS) is 9.94. The molecule has 0 fully saturated rings. The van der Waals surface area contributed by atoms with Crippen LogP contribution in [0.25, 0.3) is 0 Å². The second-order valence-corrected chi connectivity index (χ2v) is 4.08. The van der Waals surface area contributed by atoms with E-state index in [9.17, 15) is 4.79 Å². The first-order chi connectivity index (χ1) is 7.72. The molecule has 0 bridgehead atoms. The Bertz CT molecular complexity index is 363. The lowest BCUT2D eigenvalue weighted by atomic mass is 10.1. The maximum absolute atomic E-state index is 11.8. The van der Waals surface area contributed by atoms with Gasteiger partial charge in [0.25, 0.3) is 0 Å². The molecule has 0 saturated carbocycles. The van der Waals surface area contributed by atoms with Gasteiger partial charge in [0.1, 0.15) is 0 Å². The first-order valence-electron chi connectivity index (χ1n) is 5.04. The van der Waals surface area contributed by atoms with Crippen molar-refractivity contribution in [3.05, 3.63) is 23.8 Å². The molecular formula is C12H15BrO3. The van der Waals surface area contributed by atoms with Gasteiger partial charge in [0, 0.05) is 17.3 Å². The van der Waals surface area contributed by atoms with Gasteiger partial charge in [0.05, 0.1) is 14.2 Å². The fraction of sp³-hybridized carbons (Fsp3) is 0.417. The number of carbonyl (C=O) groups is 1. The van der Waals surface area contributed by atoms with E-state index in [1.165, 1.54) is 0 Å². The summed E-state index contributed by atoms with van der Waals surface area (Å²) in [7, 11) is 3.13. The first-order valence-corrected chi connectivity index (χ1v) is 6.16. The van der Waals surface area contributed by atoms with Crippen molar-refractivity contribution in [1.82, 2.24) is 0 Å². The average molecular weight is 287 g/mol. The van der Waals surface area contributed by atoms with Crippen molar-refractivity contribution in [2.24, 2.45) is 0 Å². The lowest BCUT2D eigenvalue weighted by Crippen LogP contribution is -2.00. The number of carbonyl (C=O) groups excluding carboxylic acids is 1. The Balaban J connectivity index is 2.85. The van der Waals surface area contributed by atoms with Gasteiger partial charge in [-0.05, 0) is 24.6 Å². The highest BCUT2D eigenvalue weighted by Crippen LogP contribution is 2.28. The van der Waals surface area contributed by atoms with Crippen LogP contribution in [0.1, 0.15) is 23.2 Å². The van der Waals surface area contributed by atoms with E-state index in [0.29, 0.717) is 23.5 Å². The largest absolute Gasteiger partial charge is 0.493 e. The molecule has 0 amide bonds. The number of hydrogen-bond acceptors (Lipinski definition) is 3. The van der Waals surface area contributed by atoms with Gasteiger partial charge in [0.2, 0.25) is 0 Å². The summed E-state index contributed by atoms with van der Waals surface area (Å²) < 4.78 is 10.3. The minimum absolute atomic E-state index is 0.125. The van der Waals surface area contributed by atoms with Gasteiger partial charge < -0.3 is 9.47 Å². The van der Waals surface area contributed by atoms with Gasteiger partial charge in [0.15, 0.2) is 17.3 Å². The van der Waals surface area contributed by atoms with E-state index in [-0.39, 0.29) is 5.78 Å². The summed E-state index contributed by atoms with van der Waals surface area (Å²) in [6.07, 6.45) is 1.38. The quantitative estimate of drug-likeness (QED) is 0.596. The fourth-order valence-corrected chi connectivity index (χ4v) is 1.66. The van der Waals surface area contributed by atoms with Gasteiger partial charge in [-0.1, -0.05) is 15.9 Å². The zero-order valence-corrected chi connectivity index (χ0v) is 11.0. The molecular weight excluding hydrogens is 272 g/mol. The number of benzene rings is 1. The Kier molecular flexibility index (Phi) is 5.32. The number of methoxy groups -OCH3 is 2. The predicted molar refractivity (Wildman–Crippen MR) is 66.9 cm³/mol. The maximum atomic E-state index is 11.8. The Morgan fingerprint density at radius 3 is 2.50 bits per heavy atom. The molecule has 4 heteroatoms. The van der Waals surface area contributed by atoms with E-state index in [1.54, 1.807) is 32.4 Å². The molecule has 0 aromatic heterocycles. The summed E-state index contributed by atoms with van der Waals surface area (Å²) in [4.78, 5) is 11.8. The maximum Gasteiger partial charge on any atom is 0.163 e. The Morgan fingerprint density at radius 1 is 1.25 bits per heavy atom.